The normalized spacial score (nSPS) is 16.9. The molecule has 1 saturated heterocycles. The third kappa shape index (κ3) is 4.50. The number of fused-ring (bicyclic) bond motifs is 2. The van der Waals surface area contributed by atoms with Crippen LogP contribution in [-0.2, 0) is 0 Å². The van der Waals surface area contributed by atoms with Gasteiger partial charge in [-0.05, 0) is 44.0 Å². The number of nitrogens with one attached hydrogen (secondary N) is 3. The van der Waals surface area contributed by atoms with Gasteiger partial charge in [0, 0.05) is 55.2 Å². The molecule has 0 amide bonds. The molecule has 5 aromatic heterocycles. The van der Waals surface area contributed by atoms with Crippen LogP contribution < -0.4 is 10.2 Å². The summed E-state index contributed by atoms with van der Waals surface area (Å²) in [5.41, 5.74) is 7.18. The number of nitrogens with zero attached hydrogens (tertiary/aromatic N) is 7. The van der Waals surface area contributed by atoms with Crippen molar-refractivity contribution in [1.29, 1.82) is 0 Å². The lowest BCUT2D eigenvalue weighted by atomic mass is 10.0. The molecule has 1 saturated carbocycles. The summed E-state index contributed by atoms with van der Waals surface area (Å²) in [4.78, 5) is 27.0. The maximum absolute atomic E-state index is 4.98. The van der Waals surface area contributed by atoms with E-state index in [1.807, 2.05) is 36.9 Å². The fraction of sp³-hybridized carbons (Fsp3) is 0.345. The lowest BCUT2D eigenvalue weighted by molar-refractivity contribution is 0.312. The number of rotatable bonds is 6. The zero-order chi connectivity index (χ0) is 26.3. The van der Waals surface area contributed by atoms with E-state index in [9.17, 15) is 0 Å². The summed E-state index contributed by atoms with van der Waals surface area (Å²) >= 11 is 0. The summed E-state index contributed by atoms with van der Waals surface area (Å²) < 4.78 is 0. The van der Waals surface area contributed by atoms with E-state index in [1.165, 1.54) is 25.7 Å². The van der Waals surface area contributed by atoms with Crippen LogP contribution in [0, 0.1) is 5.92 Å². The highest BCUT2D eigenvalue weighted by Crippen LogP contribution is 2.33. The van der Waals surface area contributed by atoms with Gasteiger partial charge < -0.3 is 20.1 Å². The molecule has 0 aromatic carbocycles. The summed E-state index contributed by atoms with van der Waals surface area (Å²) in [7, 11) is 2.15. The van der Waals surface area contributed by atoms with Crippen LogP contribution in [0.2, 0.25) is 0 Å². The molecule has 3 N–H and O–H groups in total. The van der Waals surface area contributed by atoms with Crippen molar-refractivity contribution in [3.63, 3.8) is 0 Å². The average Bonchev–Trinajstić information content (AvgIpc) is 3.73. The maximum Gasteiger partial charge on any atom is 0.159 e. The van der Waals surface area contributed by atoms with Crippen molar-refractivity contribution < 1.29 is 0 Å². The lowest BCUT2D eigenvalue weighted by Crippen LogP contribution is -2.44. The number of likely N-dealkylation sites (N-methyl/N-ethyl adjacent to an activating group) is 1. The number of aromatic amines is 2. The highest BCUT2D eigenvalue weighted by atomic mass is 15.3. The Morgan fingerprint density at radius 1 is 1.03 bits per heavy atom. The molecule has 0 radical (unpaired) electrons. The van der Waals surface area contributed by atoms with Crippen LogP contribution in [0.25, 0.3) is 44.7 Å². The third-order valence-corrected chi connectivity index (χ3v) is 8.04. The van der Waals surface area contributed by atoms with Crippen molar-refractivity contribution in [3.8, 4) is 22.8 Å². The van der Waals surface area contributed by atoms with Crippen LogP contribution in [0.15, 0.2) is 55.3 Å². The molecule has 2 fully saturated rings. The van der Waals surface area contributed by atoms with Crippen molar-refractivity contribution in [1.82, 2.24) is 40.0 Å². The van der Waals surface area contributed by atoms with Gasteiger partial charge in [-0.15, -0.1) is 0 Å². The van der Waals surface area contributed by atoms with Crippen LogP contribution >= 0.6 is 0 Å². The fourth-order valence-electron chi connectivity index (χ4n) is 5.75. The van der Waals surface area contributed by atoms with E-state index in [0.717, 1.165) is 82.3 Å². The molecule has 10 nitrogen and oxygen atoms in total. The largest absolute Gasteiger partial charge is 0.358 e. The van der Waals surface area contributed by atoms with Crippen LogP contribution in [0.3, 0.4) is 0 Å². The predicted molar refractivity (Wildman–Crippen MR) is 154 cm³/mol. The third-order valence-electron chi connectivity index (χ3n) is 8.04. The Hall–Kier alpha value is -4.31. The molecule has 1 aliphatic heterocycles. The number of hydrogen-bond acceptors (Lipinski definition) is 8. The molecule has 0 spiro atoms. The molecule has 6 heterocycles. The first-order valence-electron chi connectivity index (χ1n) is 13.7. The van der Waals surface area contributed by atoms with Gasteiger partial charge in [-0.1, -0.05) is 19.4 Å². The molecule has 5 aromatic rings. The SMILES string of the molecule is C=C(Nc1cncc(-c2cc3c(-c4nc5c(N6CCN(C)CC6)nccc5[nH]4)n[nH]c3cn2)c1)C1CCCC1. The first kappa shape index (κ1) is 23.8. The molecule has 0 unspecified atom stereocenters. The van der Waals surface area contributed by atoms with Crippen LogP contribution in [0.4, 0.5) is 11.5 Å². The molecule has 198 valence electrons. The smallest absolute Gasteiger partial charge is 0.159 e. The van der Waals surface area contributed by atoms with Crippen molar-refractivity contribution in [3.05, 3.63) is 55.3 Å². The highest BCUT2D eigenvalue weighted by molar-refractivity contribution is 5.96. The second-order valence-corrected chi connectivity index (χ2v) is 10.7. The summed E-state index contributed by atoms with van der Waals surface area (Å²) in [5.74, 6) is 2.16. The monoisotopic (exact) mass is 520 g/mol. The van der Waals surface area contributed by atoms with Gasteiger partial charge in [-0.2, -0.15) is 5.10 Å². The van der Waals surface area contributed by atoms with E-state index >= 15 is 0 Å². The van der Waals surface area contributed by atoms with E-state index in [-0.39, 0.29) is 0 Å². The number of allylic oxidation sites excluding steroid dienone is 1. The van der Waals surface area contributed by atoms with Gasteiger partial charge in [0.15, 0.2) is 11.6 Å². The summed E-state index contributed by atoms with van der Waals surface area (Å²) in [6, 6.07) is 6.10. The van der Waals surface area contributed by atoms with E-state index in [1.54, 1.807) is 0 Å². The number of anilines is 2. The second kappa shape index (κ2) is 9.77. The van der Waals surface area contributed by atoms with Crippen LogP contribution in [0.5, 0.6) is 0 Å². The Balaban J connectivity index is 1.21. The minimum Gasteiger partial charge on any atom is -0.358 e. The first-order chi connectivity index (χ1) is 19.1. The highest BCUT2D eigenvalue weighted by Gasteiger charge is 2.22. The molecule has 7 rings (SSSR count). The van der Waals surface area contributed by atoms with Crippen LogP contribution in [0.1, 0.15) is 25.7 Å². The number of pyridine rings is 3. The van der Waals surface area contributed by atoms with Gasteiger partial charge in [-0.3, -0.25) is 15.1 Å². The van der Waals surface area contributed by atoms with E-state index < -0.39 is 0 Å². The Bertz CT molecular complexity index is 1650. The first-order valence-corrected chi connectivity index (χ1v) is 13.7. The standard InChI is InChI=1S/C29H32N10/c1-18(19-5-3-4-6-19)33-21-13-20(15-30-16-21)24-14-22-25(17-32-24)36-37-26(22)28-34-23-7-8-31-29(27(23)35-28)39-11-9-38(2)10-12-39/h7-8,13-17,19,33H,1,3-6,9-12H2,2H3,(H,34,35)(H,36,37). The number of H-pyrrole nitrogens is 2. The molecular formula is C29H32N10. The van der Waals surface area contributed by atoms with Gasteiger partial charge in [-0.25, -0.2) is 9.97 Å². The van der Waals surface area contributed by atoms with Crippen molar-refractivity contribution >= 4 is 33.4 Å². The topological polar surface area (TPSA) is 115 Å². The van der Waals surface area contributed by atoms with Gasteiger partial charge in [0.25, 0.3) is 0 Å². The Labute approximate surface area is 226 Å². The van der Waals surface area contributed by atoms with Crippen LogP contribution in [-0.4, -0.2) is 73.2 Å². The van der Waals surface area contributed by atoms with E-state index in [4.69, 9.17) is 9.97 Å². The maximum atomic E-state index is 4.98. The van der Waals surface area contributed by atoms with Crippen molar-refractivity contribution in [2.24, 2.45) is 5.92 Å². The molecule has 10 heteroatoms. The Morgan fingerprint density at radius 2 is 1.87 bits per heavy atom. The molecule has 0 atom stereocenters. The minimum atomic E-state index is 0.535. The summed E-state index contributed by atoms with van der Waals surface area (Å²) in [5, 5.41) is 12.2. The van der Waals surface area contributed by atoms with Crippen molar-refractivity contribution in [2.45, 2.75) is 25.7 Å². The van der Waals surface area contributed by atoms with E-state index in [2.05, 4.69) is 60.0 Å². The number of hydrogen-bond donors (Lipinski definition) is 3. The number of aromatic nitrogens is 7. The summed E-state index contributed by atoms with van der Waals surface area (Å²) in [6.07, 6.45) is 12.3. The van der Waals surface area contributed by atoms with Crippen molar-refractivity contribution in [2.75, 3.05) is 43.4 Å². The average molecular weight is 521 g/mol. The zero-order valence-corrected chi connectivity index (χ0v) is 22.1. The second-order valence-electron chi connectivity index (χ2n) is 10.7. The molecular weight excluding hydrogens is 488 g/mol. The molecule has 39 heavy (non-hydrogen) atoms. The predicted octanol–water partition coefficient (Wildman–Crippen LogP) is 4.83. The molecule has 2 aliphatic rings. The van der Waals surface area contributed by atoms with Gasteiger partial charge in [0.2, 0.25) is 0 Å². The summed E-state index contributed by atoms with van der Waals surface area (Å²) in [6.45, 7) is 8.17. The Morgan fingerprint density at radius 3 is 2.72 bits per heavy atom. The quantitative estimate of drug-likeness (QED) is 0.292. The zero-order valence-electron chi connectivity index (χ0n) is 22.1. The van der Waals surface area contributed by atoms with Gasteiger partial charge in [0.05, 0.1) is 34.8 Å². The molecule has 1 aliphatic carbocycles. The minimum absolute atomic E-state index is 0.535. The van der Waals surface area contributed by atoms with Gasteiger partial charge in [0.1, 0.15) is 11.2 Å². The fourth-order valence-corrected chi connectivity index (χ4v) is 5.75. The lowest BCUT2D eigenvalue weighted by Gasteiger charge is -2.33. The molecule has 0 bridgehead atoms. The Kier molecular flexibility index (Phi) is 5.96. The van der Waals surface area contributed by atoms with E-state index in [0.29, 0.717) is 11.7 Å². The number of imidazole rings is 1. The van der Waals surface area contributed by atoms with Gasteiger partial charge >= 0.3 is 0 Å². The number of piperazine rings is 1.